The molecule has 108 valence electrons. The predicted molar refractivity (Wildman–Crippen MR) is 85.5 cm³/mol. The van der Waals surface area contributed by atoms with E-state index in [1.807, 2.05) is 0 Å². The molecule has 0 spiro atoms. The number of nitrogens with one attached hydrogen (secondary N) is 1. The Kier molecular flexibility index (Phi) is 4.86. The second-order valence-corrected chi connectivity index (χ2v) is 6.33. The van der Waals surface area contributed by atoms with Crippen molar-refractivity contribution in [2.45, 2.75) is 51.2 Å². The summed E-state index contributed by atoms with van der Waals surface area (Å²) in [4.78, 5) is 2.51. The zero-order valence-corrected chi connectivity index (χ0v) is 12.9. The van der Waals surface area contributed by atoms with Crippen LogP contribution >= 0.6 is 0 Å². The predicted octanol–water partition coefficient (Wildman–Crippen LogP) is 3.21. The number of hydrogen-bond acceptors (Lipinski definition) is 2. The van der Waals surface area contributed by atoms with Crippen LogP contribution in [0, 0.1) is 12.3 Å². The molecule has 2 nitrogen and oxygen atoms in total. The third-order valence-electron chi connectivity index (χ3n) is 4.09. The molecule has 20 heavy (non-hydrogen) atoms. The van der Waals surface area contributed by atoms with Crippen LogP contribution in [0.1, 0.15) is 45.2 Å². The van der Waals surface area contributed by atoms with Gasteiger partial charge in [-0.25, -0.2) is 0 Å². The summed E-state index contributed by atoms with van der Waals surface area (Å²) < 4.78 is 0. The van der Waals surface area contributed by atoms with Crippen molar-refractivity contribution in [2.24, 2.45) is 0 Å². The lowest BCUT2D eigenvalue weighted by atomic mass is 9.92. The lowest BCUT2D eigenvalue weighted by molar-refractivity contribution is 0.0703. The van der Waals surface area contributed by atoms with Gasteiger partial charge >= 0.3 is 0 Å². The van der Waals surface area contributed by atoms with Gasteiger partial charge in [0.15, 0.2) is 0 Å². The lowest BCUT2D eigenvalue weighted by Gasteiger charge is -2.47. The first kappa shape index (κ1) is 15.1. The highest BCUT2D eigenvalue weighted by Crippen LogP contribution is 2.29. The van der Waals surface area contributed by atoms with E-state index in [0.717, 1.165) is 25.9 Å². The van der Waals surface area contributed by atoms with Gasteiger partial charge in [0.1, 0.15) is 0 Å². The molecule has 0 saturated carbocycles. The molecule has 0 aromatic heterocycles. The van der Waals surface area contributed by atoms with Gasteiger partial charge in [-0.1, -0.05) is 49.6 Å². The molecule has 0 amide bonds. The molecule has 2 atom stereocenters. The summed E-state index contributed by atoms with van der Waals surface area (Å²) in [5.74, 6) is 3.01. The number of nitrogens with zero attached hydrogens (tertiary/aromatic N) is 1. The quantitative estimate of drug-likeness (QED) is 0.845. The SMILES string of the molecule is C#CC(CCC)N1CC(C)(C)NCC1c1ccccc1. The molecule has 2 rings (SSSR count). The summed E-state index contributed by atoms with van der Waals surface area (Å²) in [5.41, 5.74) is 1.47. The lowest BCUT2D eigenvalue weighted by Crippen LogP contribution is -2.60. The fraction of sp³-hybridized carbons (Fsp3) is 0.556. The summed E-state index contributed by atoms with van der Waals surface area (Å²) in [6.45, 7) is 8.65. The molecule has 2 unspecified atom stereocenters. The van der Waals surface area contributed by atoms with Crippen LogP contribution in [0.15, 0.2) is 30.3 Å². The van der Waals surface area contributed by atoms with Crippen molar-refractivity contribution in [1.29, 1.82) is 0 Å². The zero-order valence-electron chi connectivity index (χ0n) is 12.9. The van der Waals surface area contributed by atoms with E-state index < -0.39 is 0 Å². The smallest absolute Gasteiger partial charge is 0.0717 e. The molecule has 0 radical (unpaired) electrons. The van der Waals surface area contributed by atoms with Crippen molar-refractivity contribution in [3.8, 4) is 12.3 Å². The molecular weight excluding hydrogens is 244 g/mol. The summed E-state index contributed by atoms with van der Waals surface area (Å²) in [6, 6.07) is 11.3. The second-order valence-electron chi connectivity index (χ2n) is 6.33. The van der Waals surface area contributed by atoms with E-state index in [4.69, 9.17) is 6.42 Å². The van der Waals surface area contributed by atoms with Crippen molar-refractivity contribution in [3.05, 3.63) is 35.9 Å². The Morgan fingerprint density at radius 3 is 2.70 bits per heavy atom. The highest BCUT2D eigenvalue weighted by atomic mass is 15.3. The van der Waals surface area contributed by atoms with Crippen LogP contribution in [0.5, 0.6) is 0 Å². The second kappa shape index (κ2) is 6.43. The van der Waals surface area contributed by atoms with Crippen LogP contribution in [0.4, 0.5) is 0 Å². The average Bonchev–Trinajstić information content (AvgIpc) is 2.45. The highest BCUT2D eigenvalue weighted by molar-refractivity contribution is 5.22. The Hall–Kier alpha value is -1.30. The number of terminal acetylenes is 1. The maximum absolute atomic E-state index is 5.81. The van der Waals surface area contributed by atoms with Gasteiger partial charge in [-0.2, -0.15) is 0 Å². The molecule has 0 bridgehead atoms. The number of benzene rings is 1. The molecule has 1 aromatic carbocycles. The Morgan fingerprint density at radius 2 is 2.10 bits per heavy atom. The van der Waals surface area contributed by atoms with Gasteiger partial charge in [0.05, 0.1) is 6.04 Å². The van der Waals surface area contributed by atoms with E-state index in [1.54, 1.807) is 0 Å². The molecule has 1 fully saturated rings. The first-order chi connectivity index (χ1) is 9.57. The first-order valence-corrected chi connectivity index (χ1v) is 7.59. The van der Waals surface area contributed by atoms with Gasteiger partial charge in [0.2, 0.25) is 0 Å². The minimum atomic E-state index is 0.119. The van der Waals surface area contributed by atoms with Crippen LogP contribution < -0.4 is 5.32 Å². The van der Waals surface area contributed by atoms with E-state index in [2.05, 4.69) is 67.2 Å². The van der Waals surface area contributed by atoms with Crippen LogP contribution in [-0.2, 0) is 0 Å². The van der Waals surface area contributed by atoms with E-state index in [9.17, 15) is 0 Å². The summed E-state index contributed by atoms with van der Waals surface area (Å²) in [5, 5.41) is 3.65. The Bertz CT molecular complexity index is 458. The number of piperazine rings is 1. The molecule has 1 aliphatic rings. The van der Waals surface area contributed by atoms with Gasteiger partial charge in [0, 0.05) is 24.7 Å². The topological polar surface area (TPSA) is 15.3 Å². The largest absolute Gasteiger partial charge is 0.309 e. The zero-order chi connectivity index (χ0) is 14.6. The molecule has 1 aromatic rings. The van der Waals surface area contributed by atoms with Crippen LogP contribution in [-0.4, -0.2) is 29.6 Å². The Labute approximate surface area is 123 Å². The molecule has 1 N–H and O–H groups in total. The molecule has 1 saturated heterocycles. The summed E-state index contributed by atoms with van der Waals surface area (Å²) in [6.07, 6.45) is 8.00. The fourth-order valence-electron chi connectivity index (χ4n) is 3.04. The molecule has 2 heteroatoms. The van der Waals surface area contributed by atoms with Crippen molar-refractivity contribution < 1.29 is 0 Å². The maximum Gasteiger partial charge on any atom is 0.0717 e. The molecule has 1 heterocycles. The average molecular weight is 270 g/mol. The van der Waals surface area contributed by atoms with Crippen molar-refractivity contribution in [1.82, 2.24) is 10.2 Å². The van der Waals surface area contributed by atoms with Crippen molar-refractivity contribution >= 4 is 0 Å². The van der Waals surface area contributed by atoms with Crippen LogP contribution in [0.3, 0.4) is 0 Å². The van der Waals surface area contributed by atoms with Crippen LogP contribution in [0.2, 0.25) is 0 Å². The normalized spacial score (nSPS) is 24.0. The van der Waals surface area contributed by atoms with E-state index in [1.165, 1.54) is 5.56 Å². The molecule has 1 aliphatic heterocycles. The van der Waals surface area contributed by atoms with Crippen molar-refractivity contribution in [2.75, 3.05) is 13.1 Å². The maximum atomic E-state index is 5.81. The third kappa shape index (κ3) is 3.42. The minimum Gasteiger partial charge on any atom is -0.309 e. The Morgan fingerprint density at radius 1 is 1.40 bits per heavy atom. The molecule has 0 aliphatic carbocycles. The van der Waals surface area contributed by atoms with Gasteiger partial charge in [-0.3, -0.25) is 4.90 Å². The van der Waals surface area contributed by atoms with Gasteiger partial charge in [-0.15, -0.1) is 6.42 Å². The molecular formula is C18H26N2. The first-order valence-electron chi connectivity index (χ1n) is 7.59. The summed E-state index contributed by atoms with van der Waals surface area (Å²) >= 11 is 0. The van der Waals surface area contributed by atoms with Gasteiger partial charge in [0.25, 0.3) is 0 Å². The fourth-order valence-corrected chi connectivity index (χ4v) is 3.04. The van der Waals surface area contributed by atoms with E-state index in [-0.39, 0.29) is 11.6 Å². The van der Waals surface area contributed by atoms with Gasteiger partial charge < -0.3 is 5.32 Å². The summed E-state index contributed by atoms with van der Waals surface area (Å²) in [7, 11) is 0. The van der Waals surface area contributed by atoms with Gasteiger partial charge in [-0.05, 0) is 25.8 Å². The van der Waals surface area contributed by atoms with E-state index in [0.29, 0.717) is 6.04 Å². The van der Waals surface area contributed by atoms with Crippen LogP contribution in [0.25, 0.3) is 0 Å². The van der Waals surface area contributed by atoms with Crippen molar-refractivity contribution in [3.63, 3.8) is 0 Å². The minimum absolute atomic E-state index is 0.119. The standard InChI is InChI=1S/C18H26N2/c1-5-10-16(6-2)20-14-18(3,4)19-13-17(20)15-11-8-7-9-12-15/h2,7-9,11-12,16-17,19H,5,10,13-14H2,1,3-4H3. The van der Waals surface area contributed by atoms with E-state index >= 15 is 0 Å². The monoisotopic (exact) mass is 270 g/mol. The highest BCUT2D eigenvalue weighted by Gasteiger charge is 2.36. The Balaban J connectivity index is 2.27. The third-order valence-corrected chi connectivity index (χ3v) is 4.09. The number of hydrogen-bond donors (Lipinski definition) is 1. The number of rotatable bonds is 4.